The number of nitrogens with zero attached hydrogens (tertiary/aromatic N) is 1. The lowest BCUT2D eigenvalue weighted by Gasteiger charge is -2.24. The molecule has 0 aromatic heterocycles. The number of carbonyl (C=O) groups is 2. The van der Waals surface area contributed by atoms with E-state index in [9.17, 15) is 19.0 Å². The number of hydrogen-bond donors (Lipinski definition) is 1. The van der Waals surface area contributed by atoms with E-state index in [0.717, 1.165) is 83.5 Å². The summed E-state index contributed by atoms with van der Waals surface area (Å²) in [5, 5.41) is 0. The number of esters is 2. The van der Waals surface area contributed by atoms with Gasteiger partial charge in [-0.2, -0.15) is 0 Å². The van der Waals surface area contributed by atoms with Crippen LogP contribution in [0.1, 0.15) is 245 Å². The molecule has 80 heavy (non-hydrogen) atoms. The van der Waals surface area contributed by atoms with E-state index in [4.69, 9.17) is 18.5 Å². The van der Waals surface area contributed by atoms with Crippen LogP contribution in [0.4, 0.5) is 0 Å². The number of carbonyl (C=O) groups excluding carboxylic acids is 2. The van der Waals surface area contributed by atoms with E-state index in [-0.39, 0.29) is 32.0 Å². The predicted octanol–water partition coefficient (Wildman–Crippen LogP) is 20.5. The lowest BCUT2D eigenvalue weighted by atomic mass is 10.0. The Hall–Kier alpha value is -3.85. The molecule has 0 spiro atoms. The van der Waals surface area contributed by atoms with Crippen LogP contribution in [0, 0.1) is 0 Å². The molecule has 0 radical (unpaired) electrons. The lowest BCUT2D eigenvalue weighted by Crippen LogP contribution is -2.37. The van der Waals surface area contributed by atoms with Gasteiger partial charge in [0.15, 0.2) is 6.10 Å². The van der Waals surface area contributed by atoms with Gasteiger partial charge in [0, 0.05) is 12.8 Å². The highest BCUT2D eigenvalue weighted by Gasteiger charge is 2.27. The van der Waals surface area contributed by atoms with Gasteiger partial charge in [-0.1, -0.05) is 257 Å². The second-order valence-electron chi connectivity index (χ2n) is 22.1. The van der Waals surface area contributed by atoms with Crippen molar-refractivity contribution >= 4 is 19.8 Å². The van der Waals surface area contributed by atoms with Crippen LogP contribution in [-0.2, 0) is 32.7 Å². The predicted molar refractivity (Wildman–Crippen MR) is 344 cm³/mol. The quantitative estimate of drug-likeness (QED) is 0.0211. The van der Waals surface area contributed by atoms with Crippen LogP contribution in [0.15, 0.2) is 134 Å². The minimum Gasteiger partial charge on any atom is -0.462 e. The Bertz CT molecular complexity index is 1810. The molecule has 0 aliphatic heterocycles. The van der Waals surface area contributed by atoms with Crippen LogP contribution in [0.3, 0.4) is 0 Å². The summed E-state index contributed by atoms with van der Waals surface area (Å²) in [5.74, 6) is -0.872. The summed E-state index contributed by atoms with van der Waals surface area (Å²) in [7, 11) is 1.43. The van der Waals surface area contributed by atoms with Crippen molar-refractivity contribution in [3.05, 3.63) is 134 Å². The highest BCUT2D eigenvalue weighted by molar-refractivity contribution is 7.47. The topological polar surface area (TPSA) is 108 Å². The molecule has 0 aliphatic rings. The Balaban J connectivity index is 4.25. The maximum Gasteiger partial charge on any atom is 0.472 e. The van der Waals surface area contributed by atoms with E-state index in [1.807, 2.05) is 21.1 Å². The van der Waals surface area contributed by atoms with Gasteiger partial charge >= 0.3 is 19.8 Å². The number of ether oxygens (including phenoxy) is 2. The molecule has 0 heterocycles. The summed E-state index contributed by atoms with van der Waals surface area (Å²) in [5.41, 5.74) is 0. The number of allylic oxidation sites excluding steroid dienone is 22. The van der Waals surface area contributed by atoms with Crippen LogP contribution in [0.2, 0.25) is 0 Å². The van der Waals surface area contributed by atoms with Gasteiger partial charge in [0.2, 0.25) is 0 Å². The molecule has 0 saturated heterocycles. The maximum absolute atomic E-state index is 12.8. The monoisotopic (exact) mass is 1130 g/mol. The van der Waals surface area contributed by atoms with E-state index < -0.39 is 26.5 Å². The fourth-order valence-electron chi connectivity index (χ4n) is 8.28. The van der Waals surface area contributed by atoms with Crippen LogP contribution in [0.25, 0.3) is 0 Å². The van der Waals surface area contributed by atoms with Gasteiger partial charge in [-0.15, -0.1) is 0 Å². The zero-order chi connectivity index (χ0) is 58.4. The second-order valence-corrected chi connectivity index (χ2v) is 23.5. The molecular weight excluding hydrogens is 1010 g/mol. The molecule has 0 aliphatic carbocycles. The van der Waals surface area contributed by atoms with Gasteiger partial charge in [-0.25, -0.2) is 4.57 Å². The van der Waals surface area contributed by atoms with Crippen molar-refractivity contribution in [2.24, 2.45) is 0 Å². The summed E-state index contributed by atoms with van der Waals surface area (Å²) in [6, 6.07) is 0. The van der Waals surface area contributed by atoms with Gasteiger partial charge in [0.05, 0.1) is 27.7 Å². The van der Waals surface area contributed by atoms with Gasteiger partial charge in [0.25, 0.3) is 0 Å². The van der Waals surface area contributed by atoms with E-state index in [1.165, 1.54) is 122 Å². The normalized spacial score (nSPS) is 14.1. The average Bonchev–Trinajstić information content (AvgIpc) is 3.42. The van der Waals surface area contributed by atoms with Crippen molar-refractivity contribution in [1.29, 1.82) is 0 Å². The second kappa shape index (κ2) is 59.8. The number of rotatable bonds is 57. The molecule has 9 nitrogen and oxygen atoms in total. The molecule has 2 atom stereocenters. The zero-order valence-electron chi connectivity index (χ0n) is 51.8. The van der Waals surface area contributed by atoms with Crippen LogP contribution in [-0.4, -0.2) is 74.9 Å². The Morgan fingerprint density at radius 3 is 1.10 bits per heavy atom. The van der Waals surface area contributed by atoms with Gasteiger partial charge < -0.3 is 18.9 Å². The number of unbranched alkanes of at least 4 members (excludes halogenated alkanes) is 21. The summed E-state index contributed by atoms with van der Waals surface area (Å²) in [4.78, 5) is 35.8. The Labute approximate surface area is 491 Å². The van der Waals surface area contributed by atoms with Gasteiger partial charge in [0.1, 0.15) is 19.8 Å². The number of hydrogen-bond acceptors (Lipinski definition) is 7. The van der Waals surface area contributed by atoms with E-state index in [1.54, 1.807) is 0 Å². The molecule has 2 unspecified atom stereocenters. The van der Waals surface area contributed by atoms with Crippen molar-refractivity contribution in [1.82, 2.24) is 0 Å². The number of likely N-dealkylation sites (N-methyl/N-ethyl adjacent to an activating group) is 1. The van der Waals surface area contributed by atoms with Crippen LogP contribution in [0.5, 0.6) is 0 Å². The first-order chi connectivity index (χ1) is 39.0. The number of phosphoric ester groups is 1. The SMILES string of the molecule is CC/C=C\C/C=C\C/C=C\C/C=C\C/C=C\C/C=C\C/C=C\C/C=C\C/C=C\CCCC(=O)OC(COC(=O)CCCCCCCCCCCCCCCCC/C=C\C/C=C\CCCCCCC)COP(=O)(O)OCC[N+](C)(C)C. The van der Waals surface area contributed by atoms with E-state index >= 15 is 0 Å². The largest absolute Gasteiger partial charge is 0.472 e. The Morgan fingerprint density at radius 2 is 0.725 bits per heavy atom. The molecule has 0 fully saturated rings. The molecule has 10 heteroatoms. The van der Waals surface area contributed by atoms with Crippen molar-refractivity contribution < 1.29 is 42.1 Å². The minimum absolute atomic E-state index is 0.0139. The average molecular weight is 1130 g/mol. The fraction of sp³-hybridized carbons (Fsp3) is 0.657. The maximum atomic E-state index is 12.8. The molecule has 0 rings (SSSR count). The summed E-state index contributed by atoms with van der Waals surface area (Å²) >= 11 is 0. The number of quaternary nitrogens is 1. The third-order valence-electron chi connectivity index (χ3n) is 13.2. The minimum atomic E-state index is -4.41. The molecule has 0 saturated carbocycles. The van der Waals surface area contributed by atoms with Gasteiger partial charge in [-0.3, -0.25) is 18.6 Å². The standard InChI is InChI=1S/C70H118NO8P/c1-6-8-10-12-14-16-18-20-22-24-26-28-30-32-34-35-37-39-41-43-45-47-49-51-53-55-57-59-61-63-70(73)79-68(67-78-80(74,75)77-65-64-71(3,4)5)66-76-69(72)62-60-58-56-54-52-50-48-46-44-42-40-38-36-33-31-29-27-25-23-21-19-17-15-13-11-9-7-2/h8,10,14,16,19-22,25-28,32,34,37,39,43,45,49,51,55,57,68H,6-7,9,11-13,15,17-18,23-24,29-31,33,35-36,38,40-42,44,46-48,50,52-54,56,58-67H2,1-5H3/p+1/b10-8-,16-14-,21-19-,22-20-,27-25-,28-26-,34-32-,39-37-,45-43-,51-49-,57-55-. The zero-order valence-corrected chi connectivity index (χ0v) is 52.7. The van der Waals surface area contributed by atoms with Crippen LogP contribution >= 0.6 is 7.82 Å². The Morgan fingerprint density at radius 1 is 0.400 bits per heavy atom. The van der Waals surface area contributed by atoms with Crippen LogP contribution < -0.4 is 0 Å². The Kier molecular flexibility index (Phi) is 56.9. The molecule has 0 aromatic rings. The van der Waals surface area contributed by atoms with Gasteiger partial charge in [-0.05, 0) is 109 Å². The first-order valence-electron chi connectivity index (χ1n) is 31.9. The van der Waals surface area contributed by atoms with E-state index in [2.05, 4.69) is 148 Å². The highest BCUT2D eigenvalue weighted by Crippen LogP contribution is 2.43. The summed E-state index contributed by atoms with van der Waals surface area (Å²) in [6.45, 7) is 4.24. The third-order valence-corrected chi connectivity index (χ3v) is 14.1. The van der Waals surface area contributed by atoms with Crippen molar-refractivity contribution in [3.8, 4) is 0 Å². The van der Waals surface area contributed by atoms with Crippen molar-refractivity contribution in [2.75, 3.05) is 47.5 Å². The van der Waals surface area contributed by atoms with Crippen molar-refractivity contribution in [3.63, 3.8) is 0 Å². The molecular formula is C70H119NO8P+. The molecule has 456 valence electrons. The smallest absolute Gasteiger partial charge is 0.462 e. The summed E-state index contributed by atoms with van der Waals surface area (Å²) in [6.07, 6.45) is 86.9. The first kappa shape index (κ1) is 76.1. The molecule has 0 aromatic carbocycles. The fourth-order valence-corrected chi connectivity index (χ4v) is 9.02. The first-order valence-corrected chi connectivity index (χ1v) is 33.4. The summed E-state index contributed by atoms with van der Waals surface area (Å²) < 4.78 is 34.6. The van der Waals surface area contributed by atoms with Crippen molar-refractivity contribution in [2.45, 2.75) is 251 Å². The number of phosphoric acid groups is 1. The highest BCUT2D eigenvalue weighted by atomic mass is 31.2. The molecule has 1 N–H and O–H groups in total. The third kappa shape index (κ3) is 63.3. The van der Waals surface area contributed by atoms with E-state index in [0.29, 0.717) is 23.9 Å². The molecule has 0 bridgehead atoms. The lowest BCUT2D eigenvalue weighted by molar-refractivity contribution is -0.870. The molecule has 0 amide bonds.